The van der Waals surface area contributed by atoms with Crippen LogP contribution >= 0.6 is 51.5 Å². The van der Waals surface area contributed by atoms with Gasteiger partial charge in [-0.05, 0) is 47.5 Å². The predicted octanol–water partition coefficient (Wildman–Crippen LogP) is 7.08. The number of hydrogen-bond donors (Lipinski definition) is 0. The zero-order chi connectivity index (χ0) is 21.8. The smallest absolute Gasteiger partial charge is 0.266 e. The molecule has 7 heteroatoms. The molecule has 31 heavy (non-hydrogen) atoms. The average Bonchev–Trinajstić information content (AvgIpc) is 3.02. The second-order valence-corrected chi connectivity index (χ2v) is 9.88. The minimum absolute atomic E-state index is 0.0949. The van der Waals surface area contributed by atoms with Crippen LogP contribution in [0.1, 0.15) is 16.7 Å². The van der Waals surface area contributed by atoms with E-state index in [9.17, 15) is 4.79 Å². The first-order valence-corrected chi connectivity index (χ1v) is 11.9. The van der Waals surface area contributed by atoms with Crippen LogP contribution in [-0.4, -0.2) is 15.1 Å². The lowest BCUT2D eigenvalue weighted by molar-refractivity contribution is -0.122. The molecule has 1 saturated heterocycles. The third kappa shape index (κ3) is 5.57. The number of halogens is 2. The molecule has 1 heterocycles. The highest BCUT2D eigenvalue weighted by Crippen LogP contribution is 2.36. The number of carbonyl (C=O) groups is 1. The Morgan fingerprint density at radius 3 is 2.52 bits per heavy atom. The summed E-state index contributed by atoms with van der Waals surface area (Å²) in [7, 11) is 0. The van der Waals surface area contributed by atoms with Gasteiger partial charge < -0.3 is 4.74 Å². The summed E-state index contributed by atoms with van der Waals surface area (Å²) in [4.78, 5) is 15.2. The van der Waals surface area contributed by atoms with Gasteiger partial charge in [-0.3, -0.25) is 9.69 Å². The van der Waals surface area contributed by atoms with Gasteiger partial charge in [0.1, 0.15) is 16.7 Å². The van der Waals surface area contributed by atoms with E-state index in [0.29, 0.717) is 33.1 Å². The first kappa shape index (κ1) is 22.1. The Kier molecular flexibility index (Phi) is 7.13. The van der Waals surface area contributed by atoms with Crippen molar-refractivity contribution in [3.05, 3.63) is 104 Å². The van der Waals surface area contributed by atoms with Gasteiger partial charge in [0.15, 0.2) is 0 Å². The molecule has 1 fully saturated rings. The number of thiocarbonyl (C=S) groups is 1. The molecule has 3 aromatic carbocycles. The van der Waals surface area contributed by atoms with Gasteiger partial charge in [-0.1, -0.05) is 94.0 Å². The fourth-order valence-electron chi connectivity index (χ4n) is 3.05. The fourth-order valence-corrected chi connectivity index (χ4v) is 4.80. The van der Waals surface area contributed by atoms with E-state index in [1.165, 1.54) is 11.8 Å². The van der Waals surface area contributed by atoms with Gasteiger partial charge in [0.05, 0.1) is 11.4 Å². The molecular weight excluding hydrogens is 514 g/mol. The molecular formula is C24H17BrClNO2S2. The summed E-state index contributed by atoms with van der Waals surface area (Å²) in [5.41, 5.74) is 2.85. The van der Waals surface area contributed by atoms with E-state index in [0.717, 1.165) is 21.2 Å². The average molecular weight is 531 g/mol. The molecule has 1 aliphatic rings. The lowest BCUT2D eigenvalue weighted by Crippen LogP contribution is -2.27. The van der Waals surface area contributed by atoms with Gasteiger partial charge in [-0.25, -0.2) is 0 Å². The van der Waals surface area contributed by atoms with Crippen molar-refractivity contribution < 1.29 is 9.53 Å². The van der Waals surface area contributed by atoms with Crippen LogP contribution in [0.4, 0.5) is 0 Å². The fraction of sp³-hybridized carbons (Fsp3) is 0.0833. The van der Waals surface area contributed by atoms with Crippen molar-refractivity contribution in [3.8, 4) is 5.75 Å². The number of thioether (sulfide) groups is 1. The third-order valence-corrected chi connectivity index (χ3v) is 6.75. The number of nitrogens with zero attached hydrogens (tertiary/aromatic N) is 1. The Hall–Kier alpha value is -2.12. The van der Waals surface area contributed by atoms with E-state index in [2.05, 4.69) is 15.9 Å². The zero-order valence-corrected chi connectivity index (χ0v) is 20.2. The largest absolute Gasteiger partial charge is 0.488 e. The summed E-state index contributed by atoms with van der Waals surface area (Å²) >= 11 is 16.2. The zero-order valence-electron chi connectivity index (χ0n) is 16.3. The molecule has 0 spiro atoms. The summed E-state index contributed by atoms with van der Waals surface area (Å²) in [6, 6.07) is 23.1. The van der Waals surface area contributed by atoms with Crippen molar-refractivity contribution in [1.29, 1.82) is 0 Å². The molecule has 0 bridgehead atoms. The molecule has 1 amide bonds. The summed E-state index contributed by atoms with van der Waals surface area (Å²) in [5, 5.41) is 0.686. The van der Waals surface area contributed by atoms with E-state index in [-0.39, 0.29) is 5.91 Å². The van der Waals surface area contributed by atoms with Crippen LogP contribution in [0.2, 0.25) is 5.02 Å². The lowest BCUT2D eigenvalue weighted by atomic mass is 10.1. The molecule has 0 N–H and O–H groups in total. The Morgan fingerprint density at radius 2 is 1.77 bits per heavy atom. The van der Waals surface area contributed by atoms with Crippen LogP contribution in [-0.2, 0) is 17.9 Å². The first-order chi connectivity index (χ1) is 15.0. The molecule has 0 atom stereocenters. The Bertz CT molecular complexity index is 1150. The van der Waals surface area contributed by atoms with Crippen molar-refractivity contribution in [2.75, 3.05) is 0 Å². The second-order valence-electron chi connectivity index (χ2n) is 6.85. The van der Waals surface area contributed by atoms with Crippen molar-refractivity contribution in [3.63, 3.8) is 0 Å². The van der Waals surface area contributed by atoms with Gasteiger partial charge in [0.25, 0.3) is 5.91 Å². The Balaban J connectivity index is 1.54. The van der Waals surface area contributed by atoms with E-state index in [4.69, 9.17) is 28.6 Å². The standard InChI is InChI=1S/C24H17BrClNO2S2/c25-19-8-11-21(29-15-17-6-9-20(26)10-7-17)18(12-19)13-22-23(28)27(24(30)31-22)14-16-4-2-1-3-5-16/h1-13H,14-15H2/b22-13-. The van der Waals surface area contributed by atoms with E-state index in [1.807, 2.05) is 78.9 Å². The number of benzene rings is 3. The van der Waals surface area contributed by atoms with E-state index in [1.54, 1.807) is 4.90 Å². The summed E-state index contributed by atoms with van der Waals surface area (Å²) in [6.45, 7) is 0.857. The van der Waals surface area contributed by atoms with Crippen molar-refractivity contribution >= 4 is 67.8 Å². The number of rotatable bonds is 6. The van der Waals surface area contributed by atoms with Crippen LogP contribution in [0, 0.1) is 0 Å². The maximum Gasteiger partial charge on any atom is 0.266 e. The highest BCUT2D eigenvalue weighted by Gasteiger charge is 2.32. The maximum absolute atomic E-state index is 13.0. The molecule has 0 aliphatic carbocycles. The number of amides is 1. The monoisotopic (exact) mass is 529 g/mol. The van der Waals surface area contributed by atoms with Gasteiger partial charge in [-0.15, -0.1) is 0 Å². The molecule has 0 radical (unpaired) electrons. The molecule has 0 aromatic heterocycles. The van der Waals surface area contributed by atoms with Gasteiger partial charge >= 0.3 is 0 Å². The lowest BCUT2D eigenvalue weighted by Gasteiger charge is -2.14. The van der Waals surface area contributed by atoms with E-state index >= 15 is 0 Å². The molecule has 0 unspecified atom stereocenters. The Morgan fingerprint density at radius 1 is 1.03 bits per heavy atom. The highest BCUT2D eigenvalue weighted by molar-refractivity contribution is 9.10. The summed E-state index contributed by atoms with van der Waals surface area (Å²) in [6.07, 6.45) is 1.84. The SMILES string of the molecule is O=C1/C(=C/c2cc(Br)ccc2OCc2ccc(Cl)cc2)SC(=S)N1Cc1ccccc1. The minimum Gasteiger partial charge on any atom is -0.488 e. The van der Waals surface area contributed by atoms with Crippen LogP contribution in [0.25, 0.3) is 6.08 Å². The van der Waals surface area contributed by atoms with Crippen LogP contribution in [0.5, 0.6) is 5.75 Å². The van der Waals surface area contributed by atoms with Gasteiger partial charge in [0.2, 0.25) is 0 Å². The van der Waals surface area contributed by atoms with Gasteiger partial charge in [0, 0.05) is 15.1 Å². The predicted molar refractivity (Wildman–Crippen MR) is 135 cm³/mol. The third-order valence-electron chi connectivity index (χ3n) is 4.62. The quantitative estimate of drug-likeness (QED) is 0.251. The molecule has 3 aromatic rings. The maximum atomic E-state index is 13.0. The summed E-state index contributed by atoms with van der Waals surface area (Å²) < 4.78 is 7.49. The summed E-state index contributed by atoms with van der Waals surface area (Å²) in [5.74, 6) is 0.592. The second kappa shape index (κ2) is 10.0. The number of carbonyl (C=O) groups excluding carboxylic acids is 1. The van der Waals surface area contributed by atoms with Crippen molar-refractivity contribution in [1.82, 2.24) is 4.90 Å². The topological polar surface area (TPSA) is 29.5 Å². The number of ether oxygens (including phenoxy) is 1. The molecule has 1 aliphatic heterocycles. The van der Waals surface area contributed by atoms with Crippen LogP contribution in [0.3, 0.4) is 0 Å². The first-order valence-electron chi connectivity index (χ1n) is 9.46. The molecule has 3 nitrogen and oxygen atoms in total. The minimum atomic E-state index is -0.0949. The number of hydrogen-bond acceptors (Lipinski definition) is 4. The van der Waals surface area contributed by atoms with Crippen molar-refractivity contribution in [2.45, 2.75) is 13.2 Å². The molecule has 0 saturated carbocycles. The molecule has 4 rings (SSSR count). The van der Waals surface area contributed by atoms with Gasteiger partial charge in [-0.2, -0.15) is 0 Å². The van der Waals surface area contributed by atoms with Crippen LogP contribution in [0.15, 0.2) is 82.2 Å². The van der Waals surface area contributed by atoms with Crippen molar-refractivity contribution in [2.24, 2.45) is 0 Å². The molecule has 156 valence electrons. The van der Waals surface area contributed by atoms with E-state index < -0.39 is 0 Å². The Labute approximate surface area is 204 Å². The normalized spacial score (nSPS) is 15.0. The van der Waals surface area contributed by atoms with Crippen LogP contribution < -0.4 is 4.74 Å². The highest BCUT2D eigenvalue weighted by atomic mass is 79.9.